The molecule has 0 aliphatic carbocycles. The number of ether oxygens (including phenoxy) is 1. The zero-order chi connectivity index (χ0) is 12.1. The van der Waals surface area contributed by atoms with Crippen molar-refractivity contribution in [2.24, 2.45) is 5.73 Å². The van der Waals surface area contributed by atoms with Crippen LogP contribution in [0.4, 0.5) is 4.39 Å². The van der Waals surface area contributed by atoms with Gasteiger partial charge in [0, 0.05) is 18.4 Å². The molecule has 0 saturated carbocycles. The molecule has 1 rings (SSSR count). The minimum Gasteiger partial charge on any atom is -0.494 e. The van der Waals surface area contributed by atoms with Gasteiger partial charge in [0.15, 0.2) is 17.3 Å². The molecule has 0 unspecified atom stereocenters. The number of hydrogen-bond acceptors (Lipinski definition) is 3. The highest BCUT2D eigenvalue weighted by Crippen LogP contribution is 2.18. The van der Waals surface area contributed by atoms with E-state index in [-0.39, 0.29) is 22.9 Å². The molecule has 2 N–H and O–H groups in total. The van der Waals surface area contributed by atoms with E-state index in [9.17, 15) is 9.18 Å². The molecule has 0 bridgehead atoms. The molecule has 0 atom stereocenters. The number of carbonyl (C=O) groups is 1. The number of hydrogen-bond donors (Lipinski definition) is 1. The summed E-state index contributed by atoms with van der Waals surface area (Å²) in [5.74, 6) is -0.621. The Morgan fingerprint density at radius 2 is 2.19 bits per heavy atom. The van der Waals surface area contributed by atoms with Gasteiger partial charge in [-0.15, -0.1) is 0 Å². The van der Waals surface area contributed by atoms with E-state index in [4.69, 9.17) is 10.5 Å². The van der Waals surface area contributed by atoms with Gasteiger partial charge in [-0.25, -0.2) is 4.39 Å². The molecular formula is C11H12FNO2S. The van der Waals surface area contributed by atoms with Crippen LogP contribution < -0.4 is 10.5 Å². The molecule has 86 valence electrons. The number of ketones is 1. The fourth-order valence-electron chi connectivity index (χ4n) is 1.22. The van der Waals surface area contributed by atoms with Gasteiger partial charge in [-0.05, 0) is 18.2 Å². The van der Waals surface area contributed by atoms with Gasteiger partial charge in [-0.3, -0.25) is 4.79 Å². The van der Waals surface area contributed by atoms with Gasteiger partial charge in [0.25, 0.3) is 0 Å². The molecule has 0 aliphatic rings. The predicted molar refractivity (Wildman–Crippen MR) is 63.3 cm³/mol. The van der Waals surface area contributed by atoms with Gasteiger partial charge in [0.1, 0.15) is 0 Å². The van der Waals surface area contributed by atoms with Gasteiger partial charge < -0.3 is 10.5 Å². The molecule has 0 radical (unpaired) electrons. The molecule has 0 amide bonds. The first kappa shape index (κ1) is 12.6. The van der Waals surface area contributed by atoms with E-state index < -0.39 is 5.82 Å². The van der Waals surface area contributed by atoms with Crippen LogP contribution in [0.15, 0.2) is 18.2 Å². The number of Topliss-reactive ketones (excluding diaryl/α,β-unsaturated/α-hetero) is 1. The van der Waals surface area contributed by atoms with Crippen LogP contribution in [0.5, 0.6) is 5.75 Å². The van der Waals surface area contributed by atoms with Crippen LogP contribution in [0.25, 0.3) is 0 Å². The van der Waals surface area contributed by atoms with Crippen LogP contribution in [0, 0.1) is 5.82 Å². The van der Waals surface area contributed by atoms with Crippen molar-refractivity contribution in [3.63, 3.8) is 0 Å². The molecule has 3 nitrogen and oxygen atoms in total. The Morgan fingerprint density at radius 1 is 1.50 bits per heavy atom. The standard InChI is InChI=1S/C11H12FNO2S/c1-15-10-4-2-7(6-8(10)12)9(14)3-5-11(13)16/h2,4,6H,3,5H2,1H3,(H2,13,16). The molecule has 0 heterocycles. The highest BCUT2D eigenvalue weighted by molar-refractivity contribution is 7.80. The van der Waals surface area contributed by atoms with Crippen LogP contribution in [-0.2, 0) is 0 Å². The quantitative estimate of drug-likeness (QED) is 0.633. The lowest BCUT2D eigenvalue weighted by molar-refractivity contribution is 0.0984. The second-order valence-corrected chi connectivity index (χ2v) is 3.76. The number of benzene rings is 1. The van der Waals surface area contributed by atoms with E-state index in [2.05, 4.69) is 12.2 Å². The van der Waals surface area contributed by atoms with Crippen molar-refractivity contribution < 1.29 is 13.9 Å². The molecule has 0 spiro atoms. The summed E-state index contributed by atoms with van der Waals surface area (Å²) in [7, 11) is 1.37. The van der Waals surface area contributed by atoms with Gasteiger partial charge in [-0.2, -0.15) is 0 Å². The number of carbonyl (C=O) groups excluding carboxylic acids is 1. The molecule has 0 aliphatic heterocycles. The van der Waals surface area contributed by atoms with E-state index in [1.807, 2.05) is 0 Å². The first-order valence-electron chi connectivity index (χ1n) is 4.69. The average Bonchev–Trinajstić information content (AvgIpc) is 2.25. The maximum atomic E-state index is 13.3. The van der Waals surface area contributed by atoms with E-state index >= 15 is 0 Å². The van der Waals surface area contributed by atoms with Crippen LogP contribution in [0.3, 0.4) is 0 Å². The van der Waals surface area contributed by atoms with Gasteiger partial charge in [0.2, 0.25) is 0 Å². The number of methoxy groups -OCH3 is 1. The van der Waals surface area contributed by atoms with Crippen LogP contribution in [0.2, 0.25) is 0 Å². The maximum Gasteiger partial charge on any atom is 0.165 e. The smallest absolute Gasteiger partial charge is 0.165 e. The lowest BCUT2D eigenvalue weighted by atomic mass is 10.1. The lowest BCUT2D eigenvalue weighted by Gasteiger charge is -2.04. The Labute approximate surface area is 98.4 Å². The highest BCUT2D eigenvalue weighted by atomic mass is 32.1. The summed E-state index contributed by atoms with van der Waals surface area (Å²) in [5.41, 5.74) is 5.58. The summed E-state index contributed by atoms with van der Waals surface area (Å²) in [6.07, 6.45) is 0.531. The Morgan fingerprint density at radius 3 is 2.69 bits per heavy atom. The van der Waals surface area contributed by atoms with Crippen LogP contribution in [0.1, 0.15) is 23.2 Å². The maximum absolute atomic E-state index is 13.3. The van der Waals surface area contributed by atoms with E-state index in [1.165, 1.54) is 19.2 Å². The molecule has 1 aromatic rings. The Balaban J connectivity index is 2.77. The summed E-state index contributed by atoms with van der Waals surface area (Å²) in [6, 6.07) is 4.09. The fourth-order valence-corrected chi connectivity index (χ4v) is 1.32. The van der Waals surface area contributed by atoms with Crippen LogP contribution in [-0.4, -0.2) is 17.9 Å². The molecular weight excluding hydrogens is 229 g/mol. The molecule has 0 aromatic heterocycles. The average molecular weight is 241 g/mol. The molecule has 1 aromatic carbocycles. The van der Waals surface area contributed by atoms with Crippen molar-refractivity contribution in [2.45, 2.75) is 12.8 Å². The first-order chi connectivity index (χ1) is 7.54. The van der Waals surface area contributed by atoms with Crippen molar-refractivity contribution in [3.05, 3.63) is 29.6 Å². The summed E-state index contributed by atoms with van der Waals surface area (Å²) < 4.78 is 18.0. The number of rotatable bonds is 5. The zero-order valence-corrected chi connectivity index (χ0v) is 9.64. The molecule has 0 fully saturated rings. The molecule has 16 heavy (non-hydrogen) atoms. The van der Waals surface area contributed by atoms with Crippen molar-refractivity contribution in [3.8, 4) is 5.75 Å². The van der Waals surface area contributed by atoms with Crippen molar-refractivity contribution in [1.82, 2.24) is 0 Å². The predicted octanol–water partition coefficient (Wildman–Crippen LogP) is 2.08. The minimum atomic E-state index is -0.552. The number of halogens is 1. The van der Waals surface area contributed by atoms with E-state index in [1.54, 1.807) is 0 Å². The summed E-state index contributed by atoms with van der Waals surface area (Å²) >= 11 is 4.66. The second kappa shape index (κ2) is 5.55. The van der Waals surface area contributed by atoms with Gasteiger partial charge in [0.05, 0.1) is 12.1 Å². The Kier molecular flexibility index (Phi) is 4.37. The largest absolute Gasteiger partial charge is 0.494 e. The fraction of sp³-hybridized carbons (Fsp3) is 0.273. The van der Waals surface area contributed by atoms with Gasteiger partial charge in [-0.1, -0.05) is 12.2 Å². The van der Waals surface area contributed by atoms with E-state index in [0.29, 0.717) is 12.0 Å². The Hall–Kier alpha value is -1.49. The zero-order valence-electron chi connectivity index (χ0n) is 8.83. The Bertz CT molecular complexity index is 420. The molecule has 5 heteroatoms. The third kappa shape index (κ3) is 3.27. The highest BCUT2D eigenvalue weighted by Gasteiger charge is 2.10. The van der Waals surface area contributed by atoms with Crippen molar-refractivity contribution in [1.29, 1.82) is 0 Å². The van der Waals surface area contributed by atoms with E-state index in [0.717, 1.165) is 6.07 Å². The topological polar surface area (TPSA) is 52.3 Å². The SMILES string of the molecule is COc1ccc(C(=O)CCC(N)=S)cc1F. The van der Waals surface area contributed by atoms with Crippen LogP contribution >= 0.6 is 12.2 Å². The third-order valence-corrected chi connectivity index (χ3v) is 2.28. The molecule has 0 saturated heterocycles. The summed E-state index contributed by atoms with van der Waals surface area (Å²) in [4.78, 5) is 11.9. The minimum absolute atomic E-state index is 0.117. The number of nitrogens with two attached hydrogens (primary N) is 1. The second-order valence-electron chi connectivity index (χ2n) is 3.24. The van der Waals surface area contributed by atoms with Crippen molar-refractivity contribution >= 4 is 23.0 Å². The summed E-state index contributed by atoms with van der Waals surface area (Å²) in [5, 5.41) is 0. The monoisotopic (exact) mass is 241 g/mol. The normalized spacial score (nSPS) is 9.88. The number of thiocarbonyl (C=S) groups is 1. The van der Waals surface area contributed by atoms with Gasteiger partial charge >= 0.3 is 0 Å². The first-order valence-corrected chi connectivity index (χ1v) is 5.10. The third-order valence-electron chi connectivity index (χ3n) is 2.07. The lowest BCUT2D eigenvalue weighted by Crippen LogP contribution is -2.10. The van der Waals surface area contributed by atoms with Crippen molar-refractivity contribution in [2.75, 3.05) is 7.11 Å². The summed E-state index contributed by atoms with van der Waals surface area (Å²) in [6.45, 7) is 0.